The molecule has 0 N–H and O–H groups in total. The Morgan fingerprint density at radius 1 is 0.400 bits per heavy atom. The van der Waals surface area contributed by atoms with E-state index in [-0.39, 0.29) is 264 Å². The van der Waals surface area contributed by atoms with Crippen molar-refractivity contribution in [1.29, 1.82) is 0 Å². The molecule has 0 bridgehead atoms. The van der Waals surface area contributed by atoms with E-state index in [4.69, 9.17) is 0 Å². The van der Waals surface area contributed by atoms with E-state index in [2.05, 4.69) is 0 Å². The van der Waals surface area contributed by atoms with Crippen molar-refractivity contribution in [3.05, 3.63) is 0 Å². The third-order valence-electron chi connectivity index (χ3n) is 0. The molecule has 0 fully saturated rings. The maximum atomic E-state index is 0. The monoisotopic (exact) mass is 200 g/mol. The summed E-state index contributed by atoms with van der Waals surface area (Å²) >= 11 is 0. The maximum Gasteiger partial charge on any atom is 1.00 e. The van der Waals surface area contributed by atoms with Gasteiger partial charge < -0.3 is 7.13 Å². The summed E-state index contributed by atoms with van der Waals surface area (Å²) in [6.45, 7) is 0. The van der Waals surface area contributed by atoms with Crippen molar-refractivity contribution in [3.63, 3.8) is 0 Å². The normalized spacial score (nSPS) is 0. The molecule has 0 amide bonds. The van der Waals surface area contributed by atoms with E-state index in [1.807, 2.05) is 0 Å². The van der Waals surface area contributed by atoms with Crippen LogP contribution in [0.2, 0.25) is 0 Å². The standard InChI is InChI=1S/5K.5H/q5*+1;5*-1. The van der Waals surface area contributed by atoms with Crippen molar-refractivity contribution >= 4 is 0 Å². The Bertz CT molecular complexity index is 10.0. The van der Waals surface area contributed by atoms with Crippen LogP contribution in [0.25, 0.3) is 0 Å². The fourth-order valence-electron chi connectivity index (χ4n) is 0. The Hall–Kier alpha value is 8.18. The van der Waals surface area contributed by atoms with Gasteiger partial charge in [0, 0.05) is 0 Å². The molecule has 0 saturated heterocycles. The molecule has 0 saturated carbocycles. The minimum absolute atomic E-state index is 0. The van der Waals surface area contributed by atoms with E-state index in [9.17, 15) is 0 Å². The van der Waals surface area contributed by atoms with Crippen molar-refractivity contribution in [2.45, 2.75) is 0 Å². The van der Waals surface area contributed by atoms with Gasteiger partial charge in [0.05, 0.1) is 0 Å². The topological polar surface area (TPSA) is 0 Å². The minimum atomic E-state index is 0. The summed E-state index contributed by atoms with van der Waals surface area (Å²) in [5.41, 5.74) is 0. The largest absolute Gasteiger partial charge is 1.00 e. The molecule has 0 atom stereocenters. The van der Waals surface area contributed by atoms with Gasteiger partial charge in [0.15, 0.2) is 0 Å². The van der Waals surface area contributed by atoms with Crippen LogP contribution in [0.15, 0.2) is 0 Å². The molecular weight excluding hydrogens is 195 g/mol. The molecule has 0 heterocycles. The number of rotatable bonds is 0. The van der Waals surface area contributed by atoms with E-state index in [0.29, 0.717) is 0 Å². The van der Waals surface area contributed by atoms with E-state index < -0.39 is 0 Å². The van der Waals surface area contributed by atoms with Gasteiger partial charge in [0.25, 0.3) is 0 Å². The average Bonchev–Trinajstić information content (AvgIpc) is 0. The molecule has 0 aromatic carbocycles. The van der Waals surface area contributed by atoms with Gasteiger partial charge in [-0.3, -0.25) is 0 Å². The molecule has 0 nitrogen and oxygen atoms in total. The summed E-state index contributed by atoms with van der Waals surface area (Å²) < 4.78 is 0. The van der Waals surface area contributed by atoms with Crippen molar-refractivity contribution in [2.24, 2.45) is 0 Å². The first-order valence-corrected chi connectivity index (χ1v) is 0. The summed E-state index contributed by atoms with van der Waals surface area (Å²) in [6.07, 6.45) is 0. The molecule has 0 aliphatic heterocycles. The predicted molar refractivity (Wildman–Crippen MR) is 5.56 cm³/mol. The number of hydrogen-bond acceptors (Lipinski definition) is 0. The van der Waals surface area contributed by atoms with E-state index >= 15 is 0 Å². The van der Waals surface area contributed by atoms with Crippen LogP contribution in [0.3, 0.4) is 0 Å². The van der Waals surface area contributed by atoms with Gasteiger partial charge in [-0.05, 0) is 0 Å². The Kier molecular flexibility index (Phi) is 133. The zero-order valence-electron chi connectivity index (χ0n) is 10.0. The summed E-state index contributed by atoms with van der Waals surface area (Å²) in [5.74, 6) is 0. The fraction of sp³-hybridized carbons (Fsp3) is 0. The van der Waals surface area contributed by atoms with Crippen LogP contribution in [-0.4, -0.2) is 0 Å². The Morgan fingerprint density at radius 3 is 0.400 bits per heavy atom. The smallest absolute Gasteiger partial charge is 1.00 e. The molecule has 0 aliphatic carbocycles. The summed E-state index contributed by atoms with van der Waals surface area (Å²) in [4.78, 5) is 0. The molecule has 0 radical (unpaired) electrons. The van der Waals surface area contributed by atoms with Crippen LogP contribution < -0.4 is 257 Å². The molecule has 5 heteroatoms. The third-order valence-corrected chi connectivity index (χ3v) is 0. The second kappa shape index (κ2) is 22.8. The first kappa shape index (κ1) is 29.2. The van der Waals surface area contributed by atoms with E-state index in [0.717, 1.165) is 0 Å². The molecule has 0 spiro atoms. The van der Waals surface area contributed by atoms with Gasteiger partial charge in [0.1, 0.15) is 0 Å². The molecule has 0 rings (SSSR count). The van der Waals surface area contributed by atoms with Crippen molar-refractivity contribution in [1.82, 2.24) is 0 Å². The minimum Gasteiger partial charge on any atom is -1.00 e. The van der Waals surface area contributed by atoms with Gasteiger partial charge in [-0.15, -0.1) is 0 Å². The van der Waals surface area contributed by atoms with Gasteiger partial charge in [-0.25, -0.2) is 0 Å². The van der Waals surface area contributed by atoms with E-state index in [1.54, 1.807) is 0 Å². The molecule has 5 heavy (non-hydrogen) atoms. The summed E-state index contributed by atoms with van der Waals surface area (Å²) in [7, 11) is 0. The Morgan fingerprint density at radius 2 is 0.400 bits per heavy atom. The second-order valence-electron chi connectivity index (χ2n) is 0. The molecule has 0 aromatic rings. The van der Waals surface area contributed by atoms with Crippen LogP contribution in [0.5, 0.6) is 0 Å². The van der Waals surface area contributed by atoms with Gasteiger partial charge >= 0.3 is 257 Å². The van der Waals surface area contributed by atoms with Crippen LogP contribution in [0, 0.1) is 0 Å². The third kappa shape index (κ3) is 18.9. The quantitative estimate of drug-likeness (QED) is 0.341. The Balaban J connectivity index is 0. The zero-order chi connectivity index (χ0) is 0. The van der Waals surface area contributed by atoms with Crippen molar-refractivity contribution < 1.29 is 264 Å². The summed E-state index contributed by atoms with van der Waals surface area (Å²) in [6, 6.07) is 0. The first-order chi connectivity index (χ1) is 0. The SMILES string of the molecule is [H-].[H-].[H-].[H-].[H-].[K+].[K+].[K+].[K+].[K+]. The van der Waals surface area contributed by atoms with Crippen LogP contribution in [0.4, 0.5) is 0 Å². The average molecular weight is 201 g/mol. The maximum absolute atomic E-state index is 0. The van der Waals surface area contributed by atoms with Gasteiger partial charge in [0.2, 0.25) is 0 Å². The summed E-state index contributed by atoms with van der Waals surface area (Å²) in [5, 5.41) is 0. The van der Waals surface area contributed by atoms with Crippen molar-refractivity contribution in [2.75, 3.05) is 0 Å². The van der Waals surface area contributed by atoms with Crippen LogP contribution in [0.1, 0.15) is 7.13 Å². The predicted octanol–water partition coefficient (Wildman–Crippen LogP) is -14.4. The second-order valence-corrected chi connectivity index (χ2v) is 0. The van der Waals surface area contributed by atoms with Crippen LogP contribution in [-0.2, 0) is 0 Å². The zero-order valence-corrected chi connectivity index (χ0v) is 20.6. The molecular formula is H5K5. The molecule has 10 valence electrons. The fourth-order valence-corrected chi connectivity index (χ4v) is 0. The van der Waals surface area contributed by atoms with Crippen LogP contribution >= 0.6 is 0 Å². The first-order valence-electron chi connectivity index (χ1n) is 0. The van der Waals surface area contributed by atoms with Gasteiger partial charge in [-0.2, -0.15) is 0 Å². The Labute approximate surface area is 253 Å². The van der Waals surface area contributed by atoms with Crippen molar-refractivity contribution in [3.8, 4) is 0 Å². The van der Waals surface area contributed by atoms with E-state index in [1.165, 1.54) is 0 Å². The molecule has 0 unspecified atom stereocenters. The molecule has 0 aliphatic rings. The molecule has 0 aromatic heterocycles. The number of hydrogen-bond donors (Lipinski definition) is 0. The van der Waals surface area contributed by atoms with Gasteiger partial charge in [-0.1, -0.05) is 0 Å².